The Bertz CT molecular complexity index is 446. The Morgan fingerprint density at radius 2 is 1.89 bits per heavy atom. The highest BCUT2D eigenvalue weighted by atomic mass is 16.5. The van der Waals surface area contributed by atoms with Gasteiger partial charge in [-0.1, -0.05) is 32.9 Å². The SMILES string of the molecule is CC(C)[C@@H]1[C@@H](c2noc(N3CCCCC3)n2)C1(C)C. The van der Waals surface area contributed by atoms with Crippen molar-refractivity contribution in [2.45, 2.75) is 52.9 Å². The van der Waals surface area contributed by atoms with Crippen LogP contribution in [0.3, 0.4) is 0 Å². The molecule has 1 aliphatic heterocycles. The second-order valence-corrected chi connectivity index (χ2v) is 7.05. The summed E-state index contributed by atoms with van der Waals surface area (Å²) in [6, 6.07) is 0.736. The Morgan fingerprint density at radius 1 is 1.21 bits per heavy atom. The summed E-state index contributed by atoms with van der Waals surface area (Å²) in [6.07, 6.45) is 3.80. The van der Waals surface area contributed by atoms with E-state index >= 15 is 0 Å². The number of aromatic nitrogens is 2. The van der Waals surface area contributed by atoms with Crippen LogP contribution in [0.1, 0.15) is 58.7 Å². The van der Waals surface area contributed by atoms with Gasteiger partial charge in [0.15, 0.2) is 5.82 Å². The maximum absolute atomic E-state index is 5.49. The van der Waals surface area contributed by atoms with Crippen molar-refractivity contribution in [3.8, 4) is 0 Å². The zero-order valence-corrected chi connectivity index (χ0v) is 12.5. The van der Waals surface area contributed by atoms with Gasteiger partial charge in [-0.2, -0.15) is 4.98 Å². The maximum Gasteiger partial charge on any atom is 0.324 e. The van der Waals surface area contributed by atoms with E-state index in [1.54, 1.807) is 0 Å². The molecular weight excluding hydrogens is 238 g/mol. The molecule has 2 fully saturated rings. The van der Waals surface area contributed by atoms with Crippen LogP contribution in [0, 0.1) is 17.3 Å². The first-order valence-electron chi connectivity index (χ1n) is 7.60. The van der Waals surface area contributed by atoms with Crippen LogP contribution in [0.15, 0.2) is 4.52 Å². The minimum Gasteiger partial charge on any atom is -0.324 e. The molecule has 4 nitrogen and oxygen atoms in total. The summed E-state index contributed by atoms with van der Waals surface area (Å²) < 4.78 is 5.49. The van der Waals surface area contributed by atoms with E-state index in [4.69, 9.17) is 4.52 Å². The molecule has 0 amide bonds. The smallest absolute Gasteiger partial charge is 0.324 e. The average molecular weight is 263 g/mol. The molecule has 19 heavy (non-hydrogen) atoms. The molecule has 0 aromatic carbocycles. The molecule has 0 bridgehead atoms. The van der Waals surface area contributed by atoms with E-state index in [-0.39, 0.29) is 0 Å². The number of nitrogens with zero attached hydrogens (tertiary/aromatic N) is 3. The first-order chi connectivity index (χ1) is 9.01. The van der Waals surface area contributed by atoms with Crippen LogP contribution in [0.4, 0.5) is 6.01 Å². The normalized spacial score (nSPS) is 29.8. The van der Waals surface area contributed by atoms with Gasteiger partial charge in [-0.3, -0.25) is 0 Å². The summed E-state index contributed by atoms with van der Waals surface area (Å²) in [5, 5.41) is 4.25. The summed E-state index contributed by atoms with van der Waals surface area (Å²) in [5.74, 6) is 2.75. The van der Waals surface area contributed by atoms with Gasteiger partial charge >= 0.3 is 6.01 Å². The minimum absolute atomic E-state index is 0.317. The second kappa shape index (κ2) is 4.50. The highest BCUT2D eigenvalue weighted by Crippen LogP contribution is 2.66. The van der Waals surface area contributed by atoms with Crippen molar-refractivity contribution in [2.24, 2.45) is 17.3 Å². The largest absolute Gasteiger partial charge is 0.324 e. The molecule has 0 radical (unpaired) electrons. The van der Waals surface area contributed by atoms with E-state index < -0.39 is 0 Å². The zero-order chi connectivity index (χ0) is 13.6. The lowest BCUT2D eigenvalue weighted by Gasteiger charge is -2.23. The van der Waals surface area contributed by atoms with E-state index in [9.17, 15) is 0 Å². The van der Waals surface area contributed by atoms with Crippen LogP contribution in [-0.2, 0) is 0 Å². The molecule has 3 rings (SSSR count). The number of piperidine rings is 1. The number of rotatable bonds is 3. The summed E-state index contributed by atoms with van der Waals surface area (Å²) in [4.78, 5) is 6.91. The molecule has 1 saturated carbocycles. The summed E-state index contributed by atoms with van der Waals surface area (Å²) in [6.45, 7) is 11.3. The molecule has 1 aromatic rings. The summed E-state index contributed by atoms with van der Waals surface area (Å²) in [7, 11) is 0. The van der Waals surface area contributed by atoms with Crippen molar-refractivity contribution in [3.63, 3.8) is 0 Å². The van der Waals surface area contributed by atoms with Crippen LogP contribution in [0.25, 0.3) is 0 Å². The van der Waals surface area contributed by atoms with Crippen molar-refractivity contribution in [1.82, 2.24) is 10.1 Å². The van der Waals surface area contributed by atoms with E-state index in [2.05, 4.69) is 42.7 Å². The van der Waals surface area contributed by atoms with Crippen LogP contribution < -0.4 is 4.90 Å². The number of hydrogen-bond donors (Lipinski definition) is 0. The van der Waals surface area contributed by atoms with Gasteiger partial charge in [0.25, 0.3) is 0 Å². The van der Waals surface area contributed by atoms with Gasteiger partial charge in [-0.05, 0) is 36.5 Å². The van der Waals surface area contributed by atoms with Gasteiger partial charge in [0.2, 0.25) is 0 Å². The molecule has 106 valence electrons. The van der Waals surface area contributed by atoms with Crippen molar-refractivity contribution in [2.75, 3.05) is 18.0 Å². The molecular formula is C15H25N3O. The predicted molar refractivity (Wildman–Crippen MR) is 75.2 cm³/mol. The topological polar surface area (TPSA) is 42.2 Å². The number of hydrogen-bond acceptors (Lipinski definition) is 4. The highest BCUT2D eigenvalue weighted by Gasteiger charge is 2.61. The molecule has 2 atom stereocenters. The Labute approximate surface area is 115 Å². The van der Waals surface area contributed by atoms with Crippen LogP contribution in [0.5, 0.6) is 0 Å². The van der Waals surface area contributed by atoms with Gasteiger partial charge < -0.3 is 9.42 Å². The summed E-state index contributed by atoms with van der Waals surface area (Å²) in [5.41, 5.74) is 0.317. The Kier molecular flexibility index (Phi) is 3.06. The zero-order valence-electron chi connectivity index (χ0n) is 12.5. The molecule has 0 unspecified atom stereocenters. The predicted octanol–water partition coefficient (Wildman–Crippen LogP) is 3.46. The van der Waals surface area contributed by atoms with Crippen LogP contribution >= 0.6 is 0 Å². The Hall–Kier alpha value is -1.06. The standard InChI is InChI=1S/C15H25N3O/c1-10(2)11-12(15(11,3)4)13-16-14(19-17-13)18-8-6-5-7-9-18/h10-12H,5-9H2,1-4H3/t11-,12+/m1/s1. The molecule has 0 N–H and O–H groups in total. The monoisotopic (exact) mass is 263 g/mol. The fourth-order valence-corrected chi connectivity index (χ4v) is 3.98. The summed E-state index contributed by atoms with van der Waals surface area (Å²) >= 11 is 0. The quantitative estimate of drug-likeness (QED) is 0.837. The Morgan fingerprint density at radius 3 is 2.47 bits per heavy atom. The molecule has 2 aliphatic rings. The first kappa shape index (κ1) is 12.9. The van der Waals surface area contributed by atoms with Gasteiger partial charge in [-0.15, -0.1) is 0 Å². The van der Waals surface area contributed by atoms with Crippen molar-refractivity contribution >= 4 is 6.01 Å². The van der Waals surface area contributed by atoms with Gasteiger partial charge in [0, 0.05) is 19.0 Å². The minimum atomic E-state index is 0.317. The second-order valence-electron chi connectivity index (χ2n) is 7.05. The van der Waals surface area contributed by atoms with Gasteiger partial charge in [0.1, 0.15) is 0 Å². The van der Waals surface area contributed by atoms with E-state index in [1.165, 1.54) is 19.3 Å². The molecule has 1 aromatic heterocycles. The maximum atomic E-state index is 5.49. The third-order valence-electron chi connectivity index (χ3n) is 4.96. The fraction of sp³-hybridized carbons (Fsp3) is 0.867. The van der Waals surface area contributed by atoms with E-state index in [1.807, 2.05) is 0 Å². The molecule has 1 aliphatic carbocycles. The van der Waals surface area contributed by atoms with Crippen molar-refractivity contribution in [3.05, 3.63) is 5.82 Å². The fourth-order valence-electron chi connectivity index (χ4n) is 3.98. The van der Waals surface area contributed by atoms with Crippen molar-refractivity contribution < 1.29 is 4.52 Å². The third kappa shape index (κ3) is 2.15. The third-order valence-corrected chi connectivity index (χ3v) is 4.96. The molecule has 0 spiro atoms. The van der Waals surface area contributed by atoms with Gasteiger partial charge in [-0.25, -0.2) is 0 Å². The Balaban J connectivity index is 1.75. The molecule has 1 saturated heterocycles. The van der Waals surface area contributed by atoms with Crippen molar-refractivity contribution in [1.29, 1.82) is 0 Å². The van der Waals surface area contributed by atoms with Gasteiger partial charge in [0.05, 0.1) is 0 Å². The lowest BCUT2D eigenvalue weighted by molar-refractivity contribution is 0.394. The molecule has 2 heterocycles. The van der Waals surface area contributed by atoms with E-state index in [0.29, 0.717) is 23.2 Å². The lowest BCUT2D eigenvalue weighted by Crippen LogP contribution is -2.29. The lowest BCUT2D eigenvalue weighted by atomic mass is 10.0. The average Bonchev–Trinajstić information content (AvgIpc) is 2.76. The first-order valence-corrected chi connectivity index (χ1v) is 7.60. The highest BCUT2D eigenvalue weighted by molar-refractivity contribution is 5.29. The van der Waals surface area contributed by atoms with Crippen LogP contribution in [0.2, 0.25) is 0 Å². The van der Waals surface area contributed by atoms with Crippen LogP contribution in [-0.4, -0.2) is 23.2 Å². The number of anilines is 1. The van der Waals surface area contributed by atoms with E-state index in [0.717, 1.165) is 24.9 Å². The molecule has 4 heteroatoms.